The smallest absolute Gasteiger partial charge is 0.0656 e. The molecule has 0 saturated heterocycles. The number of aryl methyl sites for hydroxylation is 1. The van der Waals surface area contributed by atoms with Gasteiger partial charge in [-0.05, 0) is 29.5 Å². The molecule has 3 N–H and O–H groups in total. The van der Waals surface area contributed by atoms with Crippen LogP contribution in [0.3, 0.4) is 0 Å². The lowest BCUT2D eigenvalue weighted by molar-refractivity contribution is 1.12. The number of nitrogens with two attached hydrogens (primary N) is 1. The second-order valence-electron chi connectivity index (χ2n) is 5.03. The van der Waals surface area contributed by atoms with Crippen LogP contribution in [0.1, 0.15) is 11.1 Å². The number of nitrogen functional groups attached to an aromatic ring is 1. The Hall–Kier alpha value is -2.48. The van der Waals surface area contributed by atoms with Crippen molar-refractivity contribution in [1.82, 2.24) is 0 Å². The second kappa shape index (κ2) is 5.25. The first kappa shape index (κ1) is 12.5. The molecule has 3 rings (SSSR count). The molecular weight excluding hydrogens is 244 g/mol. The molecule has 2 heteroatoms. The van der Waals surface area contributed by atoms with Crippen LogP contribution < -0.4 is 11.1 Å². The van der Waals surface area contributed by atoms with Gasteiger partial charge >= 0.3 is 0 Å². The Morgan fingerprint density at radius 1 is 0.900 bits per heavy atom. The Labute approximate surface area is 119 Å². The zero-order valence-electron chi connectivity index (χ0n) is 11.6. The van der Waals surface area contributed by atoms with E-state index in [1.807, 2.05) is 18.2 Å². The topological polar surface area (TPSA) is 38.0 Å². The van der Waals surface area contributed by atoms with Crippen LogP contribution in [0, 0.1) is 6.92 Å². The summed E-state index contributed by atoms with van der Waals surface area (Å²) in [6.07, 6.45) is 0. The molecule has 100 valence electrons. The quantitative estimate of drug-likeness (QED) is 0.689. The molecule has 0 heterocycles. The van der Waals surface area contributed by atoms with E-state index in [-0.39, 0.29) is 0 Å². The number of fused-ring (bicyclic) bond motifs is 1. The molecule has 0 aliphatic rings. The molecule has 0 spiro atoms. The Morgan fingerprint density at radius 2 is 1.65 bits per heavy atom. The first-order valence-electron chi connectivity index (χ1n) is 6.81. The van der Waals surface area contributed by atoms with Crippen LogP contribution in [0.25, 0.3) is 10.8 Å². The lowest BCUT2D eigenvalue weighted by atomic mass is 10.1. The fraction of sp³-hybridized carbons (Fsp3) is 0.111. The maximum Gasteiger partial charge on any atom is 0.0656 e. The van der Waals surface area contributed by atoms with Gasteiger partial charge in [0, 0.05) is 11.9 Å². The zero-order valence-corrected chi connectivity index (χ0v) is 11.6. The summed E-state index contributed by atoms with van der Waals surface area (Å²) in [4.78, 5) is 0. The van der Waals surface area contributed by atoms with E-state index < -0.39 is 0 Å². The molecule has 3 aromatic rings. The molecular formula is C18H18N2. The largest absolute Gasteiger partial charge is 0.397 e. The number of anilines is 2. The molecule has 0 fully saturated rings. The molecule has 0 atom stereocenters. The number of hydrogen-bond donors (Lipinski definition) is 2. The van der Waals surface area contributed by atoms with Crippen molar-refractivity contribution >= 4 is 22.1 Å². The average Bonchev–Trinajstić information content (AvgIpc) is 2.48. The van der Waals surface area contributed by atoms with Crippen LogP contribution in [0.15, 0.2) is 60.7 Å². The molecule has 2 nitrogen and oxygen atoms in total. The Morgan fingerprint density at radius 3 is 2.50 bits per heavy atom. The van der Waals surface area contributed by atoms with Gasteiger partial charge in [0.25, 0.3) is 0 Å². The number of benzene rings is 3. The molecule has 3 aromatic carbocycles. The summed E-state index contributed by atoms with van der Waals surface area (Å²) in [7, 11) is 0. The van der Waals surface area contributed by atoms with E-state index in [0.717, 1.165) is 17.9 Å². The van der Waals surface area contributed by atoms with E-state index in [1.165, 1.54) is 21.9 Å². The number of rotatable bonds is 3. The molecule has 0 amide bonds. The normalized spacial score (nSPS) is 10.7. The van der Waals surface area contributed by atoms with Crippen molar-refractivity contribution < 1.29 is 0 Å². The molecule has 0 radical (unpaired) electrons. The van der Waals surface area contributed by atoms with Gasteiger partial charge in [-0.3, -0.25) is 0 Å². The molecule has 20 heavy (non-hydrogen) atoms. The standard InChI is InChI=1S/C18H18N2/c1-13-6-2-3-8-15(13)12-20-18-16-9-5-4-7-14(16)10-11-17(18)19/h2-11,20H,12,19H2,1H3. The summed E-state index contributed by atoms with van der Waals surface area (Å²) in [5.74, 6) is 0. The molecule has 0 bridgehead atoms. The highest BCUT2D eigenvalue weighted by molar-refractivity contribution is 5.99. The fourth-order valence-corrected chi connectivity index (χ4v) is 2.48. The van der Waals surface area contributed by atoms with Crippen molar-refractivity contribution in [1.29, 1.82) is 0 Å². The van der Waals surface area contributed by atoms with Crippen molar-refractivity contribution in [3.63, 3.8) is 0 Å². The SMILES string of the molecule is Cc1ccccc1CNc1c(N)ccc2ccccc12. The summed E-state index contributed by atoms with van der Waals surface area (Å²) in [6, 6.07) is 20.7. The highest BCUT2D eigenvalue weighted by Crippen LogP contribution is 2.29. The minimum absolute atomic E-state index is 0.783. The lowest BCUT2D eigenvalue weighted by Gasteiger charge is -2.14. The summed E-state index contributed by atoms with van der Waals surface area (Å²) in [6.45, 7) is 2.91. The minimum Gasteiger partial charge on any atom is -0.397 e. The first-order chi connectivity index (χ1) is 9.75. The van der Waals surface area contributed by atoms with Crippen molar-refractivity contribution in [2.45, 2.75) is 13.5 Å². The summed E-state index contributed by atoms with van der Waals surface area (Å²) < 4.78 is 0. The first-order valence-corrected chi connectivity index (χ1v) is 6.81. The van der Waals surface area contributed by atoms with Gasteiger partial charge in [-0.25, -0.2) is 0 Å². The van der Waals surface area contributed by atoms with Crippen LogP contribution in [0.2, 0.25) is 0 Å². The van der Waals surface area contributed by atoms with E-state index in [2.05, 4.69) is 54.7 Å². The fourth-order valence-electron chi connectivity index (χ4n) is 2.48. The Bertz CT molecular complexity index is 747. The van der Waals surface area contributed by atoms with Gasteiger partial charge < -0.3 is 11.1 Å². The number of nitrogens with one attached hydrogen (secondary N) is 1. The second-order valence-corrected chi connectivity index (χ2v) is 5.03. The number of hydrogen-bond acceptors (Lipinski definition) is 2. The van der Waals surface area contributed by atoms with Crippen molar-refractivity contribution in [2.75, 3.05) is 11.1 Å². The van der Waals surface area contributed by atoms with Crippen LogP contribution >= 0.6 is 0 Å². The summed E-state index contributed by atoms with van der Waals surface area (Å²) in [5.41, 5.74) is 10.5. The summed E-state index contributed by atoms with van der Waals surface area (Å²) >= 11 is 0. The maximum atomic E-state index is 6.13. The van der Waals surface area contributed by atoms with Gasteiger partial charge in [0.1, 0.15) is 0 Å². The van der Waals surface area contributed by atoms with Gasteiger partial charge in [-0.15, -0.1) is 0 Å². The monoisotopic (exact) mass is 262 g/mol. The molecule has 0 aromatic heterocycles. The van der Waals surface area contributed by atoms with Crippen LogP contribution in [-0.4, -0.2) is 0 Å². The van der Waals surface area contributed by atoms with Crippen LogP contribution in [0.4, 0.5) is 11.4 Å². The lowest BCUT2D eigenvalue weighted by Crippen LogP contribution is -2.04. The highest BCUT2D eigenvalue weighted by atomic mass is 14.9. The molecule has 0 unspecified atom stereocenters. The van der Waals surface area contributed by atoms with E-state index in [4.69, 9.17) is 5.73 Å². The molecule has 0 aliphatic heterocycles. The Kier molecular flexibility index (Phi) is 3.30. The minimum atomic E-state index is 0.783. The van der Waals surface area contributed by atoms with Crippen LogP contribution in [0.5, 0.6) is 0 Å². The predicted molar refractivity (Wildman–Crippen MR) is 86.9 cm³/mol. The maximum absolute atomic E-state index is 6.13. The third-order valence-electron chi connectivity index (χ3n) is 3.68. The van der Waals surface area contributed by atoms with Gasteiger partial charge in [0.15, 0.2) is 0 Å². The van der Waals surface area contributed by atoms with Gasteiger partial charge in [0.2, 0.25) is 0 Å². The van der Waals surface area contributed by atoms with Gasteiger partial charge in [0.05, 0.1) is 11.4 Å². The molecule has 0 saturated carbocycles. The predicted octanol–water partition coefficient (Wildman–Crippen LogP) is 4.34. The van der Waals surface area contributed by atoms with Crippen molar-refractivity contribution in [3.05, 3.63) is 71.8 Å². The van der Waals surface area contributed by atoms with E-state index in [9.17, 15) is 0 Å². The Balaban J connectivity index is 1.95. The summed E-state index contributed by atoms with van der Waals surface area (Å²) in [5, 5.41) is 5.86. The van der Waals surface area contributed by atoms with E-state index in [0.29, 0.717) is 0 Å². The van der Waals surface area contributed by atoms with E-state index >= 15 is 0 Å². The van der Waals surface area contributed by atoms with Gasteiger partial charge in [-0.2, -0.15) is 0 Å². The van der Waals surface area contributed by atoms with Crippen molar-refractivity contribution in [2.24, 2.45) is 0 Å². The van der Waals surface area contributed by atoms with E-state index in [1.54, 1.807) is 0 Å². The average molecular weight is 262 g/mol. The van der Waals surface area contributed by atoms with Crippen molar-refractivity contribution in [3.8, 4) is 0 Å². The van der Waals surface area contributed by atoms with Crippen LogP contribution in [-0.2, 0) is 6.54 Å². The molecule has 0 aliphatic carbocycles. The van der Waals surface area contributed by atoms with Gasteiger partial charge in [-0.1, -0.05) is 54.6 Å². The third-order valence-corrected chi connectivity index (χ3v) is 3.68. The highest BCUT2D eigenvalue weighted by Gasteiger charge is 2.05. The zero-order chi connectivity index (χ0) is 13.9. The third kappa shape index (κ3) is 2.32.